The van der Waals surface area contributed by atoms with E-state index in [0.29, 0.717) is 5.91 Å². The molecule has 0 spiro atoms. The Morgan fingerprint density at radius 1 is 0.968 bits per heavy atom. The summed E-state index contributed by atoms with van der Waals surface area (Å²) in [4.78, 5) is 21.8. The highest BCUT2D eigenvalue weighted by Gasteiger charge is 2.35. The number of fused-ring (bicyclic) bond motifs is 3. The standard InChI is InChI=1S/C24H24N6O/c1-16-5-4-6-18(15-16)21-26-27-22-19-7-2-3-8-20(19)25-24(30(21)22)29-13-11-28(12-14-29)23(31)17-9-10-17/h2-8,15,17H,9-14H2,1H3. The van der Waals surface area contributed by atoms with Gasteiger partial charge in [0, 0.05) is 43.0 Å². The summed E-state index contributed by atoms with van der Waals surface area (Å²) < 4.78 is 2.08. The average Bonchev–Trinajstić information content (AvgIpc) is 3.56. The van der Waals surface area contributed by atoms with Crippen molar-refractivity contribution in [2.24, 2.45) is 5.92 Å². The minimum Gasteiger partial charge on any atom is -0.339 e. The molecule has 1 saturated carbocycles. The monoisotopic (exact) mass is 412 g/mol. The number of anilines is 1. The molecule has 0 bridgehead atoms. The van der Waals surface area contributed by atoms with Gasteiger partial charge in [0.05, 0.1) is 5.52 Å². The molecule has 0 N–H and O–H groups in total. The smallest absolute Gasteiger partial charge is 0.225 e. The number of hydrogen-bond acceptors (Lipinski definition) is 5. The number of carbonyl (C=O) groups excluding carboxylic acids is 1. The third kappa shape index (κ3) is 3.12. The summed E-state index contributed by atoms with van der Waals surface area (Å²) in [6.07, 6.45) is 2.10. The summed E-state index contributed by atoms with van der Waals surface area (Å²) in [7, 11) is 0. The van der Waals surface area contributed by atoms with Crippen LogP contribution in [0, 0.1) is 12.8 Å². The first kappa shape index (κ1) is 18.3. The molecule has 7 heteroatoms. The molecular weight excluding hydrogens is 388 g/mol. The number of rotatable bonds is 3. The number of aromatic nitrogens is 4. The summed E-state index contributed by atoms with van der Waals surface area (Å²) in [6.45, 7) is 5.05. The van der Waals surface area contributed by atoms with Gasteiger partial charge in [0.2, 0.25) is 11.9 Å². The molecule has 1 saturated heterocycles. The lowest BCUT2D eigenvalue weighted by Gasteiger charge is -2.35. The van der Waals surface area contributed by atoms with E-state index in [1.807, 2.05) is 35.2 Å². The Morgan fingerprint density at radius 2 is 1.77 bits per heavy atom. The molecule has 31 heavy (non-hydrogen) atoms. The van der Waals surface area contributed by atoms with E-state index in [1.54, 1.807) is 0 Å². The van der Waals surface area contributed by atoms with Crippen LogP contribution in [0.25, 0.3) is 27.9 Å². The topological polar surface area (TPSA) is 66.6 Å². The van der Waals surface area contributed by atoms with E-state index in [0.717, 1.165) is 72.9 Å². The van der Waals surface area contributed by atoms with Crippen LogP contribution in [-0.4, -0.2) is 56.6 Å². The summed E-state index contributed by atoms with van der Waals surface area (Å²) in [6, 6.07) is 16.4. The molecule has 0 radical (unpaired) electrons. The van der Waals surface area contributed by atoms with Crippen LogP contribution in [0.3, 0.4) is 0 Å². The Kier molecular flexibility index (Phi) is 4.16. The fourth-order valence-electron chi connectivity index (χ4n) is 4.46. The van der Waals surface area contributed by atoms with Gasteiger partial charge in [0.1, 0.15) is 0 Å². The lowest BCUT2D eigenvalue weighted by atomic mass is 10.1. The molecule has 4 aromatic rings. The third-order valence-corrected chi connectivity index (χ3v) is 6.31. The van der Waals surface area contributed by atoms with Gasteiger partial charge < -0.3 is 9.80 Å². The first-order valence-electron chi connectivity index (χ1n) is 10.9. The number of piperazine rings is 1. The fraction of sp³-hybridized carbons (Fsp3) is 0.333. The second-order valence-electron chi connectivity index (χ2n) is 8.57. The summed E-state index contributed by atoms with van der Waals surface area (Å²) >= 11 is 0. The fourth-order valence-corrected chi connectivity index (χ4v) is 4.46. The van der Waals surface area contributed by atoms with Crippen LogP contribution in [0.15, 0.2) is 48.5 Å². The lowest BCUT2D eigenvalue weighted by molar-refractivity contribution is -0.132. The van der Waals surface area contributed by atoms with Crippen molar-refractivity contribution in [3.63, 3.8) is 0 Å². The minimum atomic E-state index is 0.267. The highest BCUT2D eigenvalue weighted by atomic mass is 16.2. The van der Waals surface area contributed by atoms with Gasteiger partial charge in [0.25, 0.3) is 0 Å². The second kappa shape index (κ2) is 7.04. The molecule has 7 nitrogen and oxygen atoms in total. The van der Waals surface area contributed by atoms with Gasteiger partial charge in [-0.1, -0.05) is 35.9 Å². The van der Waals surface area contributed by atoms with Gasteiger partial charge in [-0.3, -0.25) is 4.79 Å². The van der Waals surface area contributed by atoms with Crippen molar-refractivity contribution >= 4 is 28.4 Å². The highest BCUT2D eigenvalue weighted by Crippen LogP contribution is 2.32. The number of carbonyl (C=O) groups is 1. The summed E-state index contributed by atoms with van der Waals surface area (Å²) in [5.74, 6) is 2.22. The summed E-state index contributed by atoms with van der Waals surface area (Å²) in [5.41, 5.74) is 3.92. The van der Waals surface area contributed by atoms with Crippen molar-refractivity contribution in [2.75, 3.05) is 31.1 Å². The van der Waals surface area contributed by atoms with Gasteiger partial charge >= 0.3 is 0 Å². The Morgan fingerprint density at radius 3 is 2.55 bits per heavy atom. The Labute approximate surface area is 180 Å². The zero-order valence-corrected chi connectivity index (χ0v) is 17.5. The molecule has 1 amide bonds. The van der Waals surface area contributed by atoms with Crippen molar-refractivity contribution in [3.8, 4) is 11.4 Å². The number of aryl methyl sites for hydroxylation is 1. The first-order chi connectivity index (χ1) is 15.2. The maximum Gasteiger partial charge on any atom is 0.225 e. The molecule has 0 atom stereocenters. The predicted molar refractivity (Wildman–Crippen MR) is 120 cm³/mol. The van der Waals surface area contributed by atoms with Crippen LogP contribution in [0.5, 0.6) is 0 Å². The maximum atomic E-state index is 12.5. The molecule has 2 aliphatic rings. The second-order valence-corrected chi connectivity index (χ2v) is 8.57. The van der Waals surface area contributed by atoms with Gasteiger partial charge in [-0.05, 0) is 38.0 Å². The van der Waals surface area contributed by atoms with E-state index in [1.165, 1.54) is 5.56 Å². The molecule has 6 rings (SSSR count). The van der Waals surface area contributed by atoms with Gasteiger partial charge in [-0.25, -0.2) is 9.38 Å². The van der Waals surface area contributed by atoms with Crippen molar-refractivity contribution in [2.45, 2.75) is 19.8 Å². The maximum absolute atomic E-state index is 12.5. The Hall–Kier alpha value is -3.48. The normalized spacial score (nSPS) is 16.9. The Bertz CT molecular complexity index is 1300. The molecule has 1 aliphatic heterocycles. The molecule has 2 aromatic carbocycles. The zero-order valence-electron chi connectivity index (χ0n) is 17.5. The first-order valence-corrected chi connectivity index (χ1v) is 10.9. The van der Waals surface area contributed by atoms with E-state index >= 15 is 0 Å². The predicted octanol–water partition coefficient (Wildman–Crippen LogP) is 3.31. The van der Waals surface area contributed by atoms with E-state index in [-0.39, 0.29) is 5.92 Å². The number of nitrogens with zero attached hydrogens (tertiary/aromatic N) is 6. The van der Waals surface area contributed by atoms with Crippen LogP contribution in [0.1, 0.15) is 18.4 Å². The molecule has 2 aromatic heterocycles. The highest BCUT2D eigenvalue weighted by molar-refractivity contribution is 5.93. The van der Waals surface area contributed by atoms with Crippen LogP contribution in [-0.2, 0) is 4.79 Å². The summed E-state index contributed by atoms with van der Waals surface area (Å²) in [5, 5.41) is 10.1. The molecule has 1 aliphatic carbocycles. The number of amides is 1. The van der Waals surface area contributed by atoms with Crippen molar-refractivity contribution in [1.82, 2.24) is 24.5 Å². The van der Waals surface area contributed by atoms with Crippen LogP contribution < -0.4 is 4.90 Å². The van der Waals surface area contributed by atoms with Gasteiger partial charge in [0.15, 0.2) is 11.5 Å². The Balaban J connectivity index is 1.46. The van der Waals surface area contributed by atoms with E-state index < -0.39 is 0 Å². The molecule has 3 heterocycles. The van der Waals surface area contributed by atoms with E-state index in [4.69, 9.17) is 4.98 Å². The quantitative estimate of drug-likeness (QED) is 0.517. The molecule has 0 unspecified atom stereocenters. The van der Waals surface area contributed by atoms with Crippen LogP contribution >= 0.6 is 0 Å². The van der Waals surface area contributed by atoms with Crippen LogP contribution in [0.4, 0.5) is 5.95 Å². The van der Waals surface area contributed by atoms with Crippen LogP contribution in [0.2, 0.25) is 0 Å². The third-order valence-electron chi connectivity index (χ3n) is 6.31. The number of benzene rings is 2. The van der Waals surface area contributed by atoms with Crippen molar-refractivity contribution in [3.05, 3.63) is 54.1 Å². The minimum absolute atomic E-state index is 0.267. The molecule has 156 valence electrons. The SMILES string of the molecule is Cc1cccc(-c2nnc3c4ccccc4nc(N4CCN(C(=O)C5CC5)CC4)n23)c1. The number of hydrogen-bond donors (Lipinski definition) is 0. The molecule has 2 fully saturated rings. The lowest BCUT2D eigenvalue weighted by Crippen LogP contribution is -2.50. The van der Waals surface area contributed by atoms with Gasteiger partial charge in [-0.2, -0.15) is 0 Å². The van der Waals surface area contributed by atoms with Gasteiger partial charge in [-0.15, -0.1) is 10.2 Å². The zero-order chi connectivity index (χ0) is 20.9. The van der Waals surface area contributed by atoms with E-state index in [9.17, 15) is 4.79 Å². The largest absolute Gasteiger partial charge is 0.339 e. The average molecular weight is 412 g/mol. The number of para-hydroxylation sites is 1. The van der Waals surface area contributed by atoms with Crippen molar-refractivity contribution in [1.29, 1.82) is 0 Å². The van der Waals surface area contributed by atoms with E-state index in [2.05, 4.69) is 44.6 Å². The molecular formula is C24H24N6O. The van der Waals surface area contributed by atoms with Crippen molar-refractivity contribution < 1.29 is 4.79 Å².